The highest BCUT2D eigenvalue weighted by molar-refractivity contribution is 9.13. The zero-order valence-electron chi connectivity index (χ0n) is 7.49. The van der Waals surface area contributed by atoms with Gasteiger partial charge in [0.25, 0.3) is 0 Å². The summed E-state index contributed by atoms with van der Waals surface area (Å²) >= 11 is 7.06. The van der Waals surface area contributed by atoms with E-state index < -0.39 is 0 Å². The van der Waals surface area contributed by atoms with Crippen molar-refractivity contribution < 1.29 is 0 Å². The first-order valence-electron chi connectivity index (χ1n) is 3.87. The standard InChI is InChI=1S/C10H12Br2/c1-10(2,3)7-5-4-6-8(11)9(7)12/h4-6H,1-3H3. The molecule has 0 nitrogen and oxygen atoms in total. The van der Waals surface area contributed by atoms with Gasteiger partial charge in [0.05, 0.1) is 0 Å². The Balaban J connectivity index is 3.26. The van der Waals surface area contributed by atoms with Gasteiger partial charge in [-0.2, -0.15) is 0 Å². The van der Waals surface area contributed by atoms with Gasteiger partial charge in [-0.1, -0.05) is 32.9 Å². The van der Waals surface area contributed by atoms with Crippen LogP contribution < -0.4 is 0 Å². The van der Waals surface area contributed by atoms with Crippen LogP contribution >= 0.6 is 31.9 Å². The van der Waals surface area contributed by atoms with Gasteiger partial charge in [-0.05, 0) is 48.9 Å². The summed E-state index contributed by atoms with van der Waals surface area (Å²) in [6.45, 7) is 6.62. The molecule has 0 aliphatic rings. The summed E-state index contributed by atoms with van der Waals surface area (Å²) in [7, 11) is 0. The summed E-state index contributed by atoms with van der Waals surface area (Å²) in [5.41, 5.74) is 1.53. The number of halogens is 2. The van der Waals surface area contributed by atoms with Gasteiger partial charge >= 0.3 is 0 Å². The van der Waals surface area contributed by atoms with Gasteiger partial charge in [0.15, 0.2) is 0 Å². The van der Waals surface area contributed by atoms with Gasteiger partial charge in [-0.3, -0.25) is 0 Å². The Hall–Kier alpha value is 0.180. The third-order valence-electron chi connectivity index (χ3n) is 1.76. The monoisotopic (exact) mass is 290 g/mol. The van der Waals surface area contributed by atoms with E-state index in [-0.39, 0.29) is 5.41 Å². The fourth-order valence-electron chi connectivity index (χ4n) is 1.08. The third kappa shape index (κ3) is 2.11. The molecule has 1 aromatic carbocycles. The molecule has 1 rings (SSSR count). The molecular formula is C10H12Br2. The van der Waals surface area contributed by atoms with Crippen LogP contribution in [-0.2, 0) is 5.41 Å². The van der Waals surface area contributed by atoms with E-state index in [0.29, 0.717) is 0 Å². The van der Waals surface area contributed by atoms with E-state index in [0.717, 1.165) is 8.95 Å². The van der Waals surface area contributed by atoms with Gasteiger partial charge in [0.2, 0.25) is 0 Å². The lowest BCUT2D eigenvalue weighted by molar-refractivity contribution is 0.586. The molecule has 0 aliphatic carbocycles. The first kappa shape index (κ1) is 10.3. The van der Waals surface area contributed by atoms with Crippen LogP contribution in [0, 0.1) is 0 Å². The predicted octanol–water partition coefficient (Wildman–Crippen LogP) is 4.51. The topological polar surface area (TPSA) is 0 Å². The molecule has 12 heavy (non-hydrogen) atoms. The lowest BCUT2D eigenvalue weighted by Gasteiger charge is -2.21. The molecular weight excluding hydrogens is 280 g/mol. The Kier molecular flexibility index (Phi) is 3.00. The molecule has 0 fully saturated rings. The van der Waals surface area contributed by atoms with Crippen molar-refractivity contribution in [2.75, 3.05) is 0 Å². The van der Waals surface area contributed by atoms with Gasteiger partial charge < -0.3 is 0 Å². The Labute approximate surface area is 90.6 Å². The van der Waals surface area contributed by atoms with Gasteiger partial charge in [0, 0.05) is 8.95 Å². The van der Waals surface area contributed by atoms with E-state index in [9.17, 15) is 0 Å². The number of hydrogen-bond acceptors (Lipinski definition) is 0. The third-order valence-corrected chi connectivity index (χ3v) is 3.81. The van der Waals surface area contributed by atoms with Crippen molar-refractivity contribution in [1.82, 2.24) is 0 Å². The van der Waals surface area contributed by atoms with Crippen LogP contribution in [0.4, 0.5) is 0 Å². The minimum absolute atomic E-state index is 0.197. The second-order valence-electron chi connectivity index (χ2n) is 3.85. The molecule has 0 bridgehead atoms. The van der Waals surface area contributed by atoms with Crippen molar-refractivity contribution in [3.05, 3.63) is 32.7 Å². The van der Waals surface area contributed by atoms with Crippen molar-refractivity contribution in [3.63, 3.8) is 0 Å². The van der Waals surface area contributed by atoms with Crippen LogP contribution in [0.5, 0.6) is 0 Å². The quantitative estimate of drug-likeness (QED) is 0.660. The second-order valence-corrected chi connectivity index (χ2v) is 5.50. The average Bonchev–Trinajstić information content (AvgIpc) is 1.92. The number of hydrogen-bond donors (Lipinski definition) is 0. The van der Waals surface area contributed by atoms with Crippen LogP contribution in [0.25, 0.3) is 0 Å². The lowest BCUT2D eigenvalue weighted by atomic mass is 9.87. The largest absolute Gasteiger partial charge is 0.0608 e. The number of benzene rings is 1. The summed E-state index contributed by atoms with van der Waals surface area (Å²) in [5.74, 6) is 0. The van der Waals surface area contributed by atoms with E-state index in [4.69, 9.17) is 0 Å². The molecule has 1 aromatic rings. The van der Waals surface area contributed by atoms with Crippen molar-refractivity contribution in [2.45, 2.75) is 26.2 Å². The first-order valence-corrected chi connectivity index (χ1v) is 5.46. The van der Waals surface area contributed by atoms with Crippen molar-refractivity contribution in [2.24, 2.45) is 0 Å². The lowest BCUT2D eigenvalue weighted by Crippen LogP contribution is -2.11. The van der Waals surface area contributed by atoms with Crippen LogP contribution in [0.3, 0.4) is 0 Å². The van der Waals surface area contributed by atoms with E-state index in [2.05, 4.69) is 64.8 Å². The van der Waals surface area contributed by atoms with Crippen LogP contribution in [0.2, 0.25) is 0 Å². The van der Waals surface area contributed by atoms with Gasteiger partial charge in [-0.15, -0.1) is 0 Å². The molecule has 0 N–H and O–H groups in total. The average molecular weight is 292 g/mol. The Bertz CT molecular complexity index is 284. The van der Waals surface area contributed by atoms with Crippen LogP contribution in [0.15, 0.2) is 27.1 Å². The summed E-state index contributed by atoms with van der Waals surface area (Å²) in [4.78, 5) is 0. The molecule has 0 atom stereocenters. The maximum Gasteiger partial charge on any atom is 0.0354 e. The maximum atomic E-state index is 3.57. The molecule has 0 unspecified atom stereocenters. The normalized spacial score (nSPS) is 11.8. The van der Waals surface area contributed by atoms with Crippen LogP contribution in [-0.4, -0.2) is 0 Å². The van der Waals surface area contributed by atoms with E-state index >= 15 is 0 Å². The molecule has 0 saturated carbocycles. The maximum absolute atomic E-state index is 3.57. The van der Waals surface area contributed by atoms with Crippen LogP contribution in [0.1, 0.15) is 26.3 Å². The molecule has 66 valence electrons. The van der Waals surface area contributed by atoms with Crippen molar-refractivity contribution in [3.8, 4) is 0 Å². The van der Waals surface area contributed by atoms with E-state index in [1.807, 2.05) is 6.07 Å². The highest BCUT2D eigenvalue weighted by atomic mass is 79.9. The molecule has 0 aliphatic heterocycles. The highest BCUT2D eigenvalue weighted by Gasteiger charge is 2.17. The molecule has 0 radical (unpaired) electrons. The molecule has 0 amide bonds. The Morgan fingerprint density at radius 2 is 1.67 bits per heavy atom. The fourth-order valence-corrected chi connectivity index (χ4v) is 2.31. The van der Waals surface area contributed by atoms with Gasteiger partial charge in [0.1, 0.15) is 0 Å². The molecule has 0 aromatic heterocycles. The summed E-state index contributed by atoms with van der Waals surface area (Å²) in [6, 6.07) is 6.25. The van der Waals surface area contributed by atoms with Crippen molar-refractivity contribution in [1.29, 1.82) is 0 Å². The Morgan fingerprint density at radius 1 is 1.08 bits per heavy atom. The summed E-state index contributed by atoms with van der Waals surface area (Å²) in [5, 5.41) is 0. The second kappa shape index (κ2) is 3.51. The SMILES string of the molecule is CC(C)(C)c1cccc(Br)c1Br. The smallest absolute Gasteiger partial charge is 0.0354 e. The van der Waals surface area contributed by atoms with Gasteiger partial charge in [-0.25, -0.2) is 0 Å². The number of rotatable bonds is 0. The molecule has 2 heteroatoms. The molecule has 0 spiro atoms. The first-order chi connectivity index (χ1) is 5.43. The summed E-state index contributed by atoms with van der Waals surface area (Å²) in [6.07, 6.45) is 0. The minimum atomic E-state index is 0.197. The summed E-state index contributed by atoms with van der Waals surface area (Å²) < 4.78 is 2.28. The Morgan fingerprint density at radius 3 is 2.08 bits per heavy atom. The fraction of sp³-hybridized carbons (Fsp3) is 0.400. The highest BCUT2D eigenvalue weighted by Crippen LogP contribution is 2.34. The van der Waals surface area contributed by atoms with E-state index in [1.165, 1.54) is 5.56 Å². The molecule has 0 heterocycles. The van der Waals surface area contributed by atoms with Crippen molar-refractivity contribution >= 4 is 31.9 Å². The zero-order chi connectivity index (χ0) is 9.35. The van der Waals surface area contributed by atoms with E-state index in [1.54, 1.807) is 0 Å². The minimum Gasteiger partial charge on any atom is -0.0608 e. The molecule has 0 saturated heterocycles. The zero-order valence-corrected chi connectivity index (χ0v) is 10.7. The predicted molar refractivity (Wildman–Crippen MR) is 60.5 cm³/mol.